The van der Waals surface area contributed by atoms with Crippen LogP contribution in [0.15, 0.2) is 43.1 Å². The second kappa shape index (κ2) is 12.6. The number of piperidine rings is 1. The first-order valence-electron chi connectivity index (χ1n) is 15.8. The molecule has 6 heterocycles. The molecule has 0 radical (unpaired) electrons. The predicted octanol–water partition coefficient (Wildman–Crippen LogP) is 4.82. The van der Waals surface area contributed by atoms with Crippen molar-refractivity contribution in [2.75, 3.05) is 26.3 Å². The number of aromatic nitrogens is 6. The first-order chi connectivity index (χ1) is 22.3. The molecule has 3 aliphatic rings. The van der Waals surface area contributed by atoms with Gasteiger partial charge >= 0.3 is 6.18 Å². The fourth-order valence-corrected chi connectivity index (χ4v) is 7.00. The lowest BCUT2D eigenvalue weighted by atomic mass is 9.69. The van der Waals surface area contributed by atoms with E-state index in [0.717, 1.165) is 67.1 Å². The first kappa shape index (κ1) is 30.6. The highest BCUT2D eigenvalue weighted by atomic mass is 19.4. The van der Waals surface area contributed by atoms with Gasteiger partial charge in [0.15, 0.2) is 0 Å². The molecule has 0 atom stereocenters. The fraction of sp³-hybridized carbons (Fsp3) is 0.531. The number of halogens is 3. The van der Waals surface area contributed by atoms with Gasteiger partial charge in [0.25, 0.3) is 0 Å². The molecule has 3 fully saturated rings. The summed E-state index contributed by atoms with van der Waals surface area (Å²) in [5, 5.41) is 18.6. The van der Waals surface area contributed by atoms with Crippen LogP contribution in [0, 0.1) is 11.3 Å². The van der Waals surface area contributed by atoms with Crippen molar-refractivity contribution >= 4 is 11.0 Å². The minimum atomic E-state index is -4.56. The summed E-state index contributed by atoms with van der Waals surface area (Å²) in [5.41, 5.74) is 1.59. The van der Waals surface area contributed by atoms with Crippen molar-refractivity contribution in [2.24, 2.45) is 0 Å². The van der Waals surface area contributed by atoms with E-state index in [1.165, 1.54) is 6.33 Å². The second-order valence-electron chi connectivity index (χ2n) is 12.6. The summed E-state index contributed by atoms with van der Waals surface area (Å²) in [7, 11) is 0. The normalized spacial score (nSPS) is 23.3. The van der Waals surface area contributed by atoms with Crippen LogP contribution in [0.25, 0.3) is 22.3 Å². The number of nitrogens with one attached hydrogen (secondary N) is 2. The zero-order valence-electron chi connectivity index (χ0n) is 25.3. The van der Waals surface area contributed by atoms with Crippen LogP contribution in [-0.2, 0) is 23.0 Å². The van der Waals surface area contributed by atoms with Gasteiger partial charge in [-0.25, -0.2) is 15.0 Å². The number of likely N-dealkylation sites (tertiary alicyclic amines) is 1. The molecule has 7 rings (SSSR count). The Morgan fingerprint density at radius 3 is 2.70 bits per heavy atom. The Kier molecular flexibility index (Phi) is 8.39. The molecule has 0 unspecified atom stereocenters. The molecule has 1 aliphatic carbocycles. The summed E-state index contributed by atoms with van der Waals surface area (Å²) < 4.78 is 54.4. The summed E-state index contributed by atoms with van der Waals surface area (Å²) in [6.45, 7) is 3.13. The number of nitriles is 1. The Morgan fingerprint density at radius 2 is 1.93 bits per heavy atom. The highest BCUT2D eigenvalue weighted by Gasteiger charge is 2.49. The maximum Gasteiger partial charge on any atom is 0.433 e. The number of H-pyrrole nitrogens is 1. The molecular formula is C32H36F3N9O2. The van der Waals surface area contributed by atoms with Crippen molar-refractivity contribution in [2.45, 2.75) is 81.4 Å². The van der Waals surface area contributed by atoms with Crippen molar-refractivity contribution in [3.63, 3.8) is 0 Å². The molecule has 0 spiro atoms. The molecule has 4 aromatic rings. The van der Waals surface area contributed by atoms with Gasteiger partial charge in [-0.2, -0.15) is 23.5 Å². The van der Waals surface area contributed by atoms with Crippen LogP contribution >= 0.6 is 0 Å². The molecule has 242 valence electrons. The number of hydrogen-bond donors (Lipinski definition) is 2. The molecule has 0 aromatic carbocycles. The van der Waals surface area contributed by atoms with Crippen molar-refractivity contribution in [3.05, 3.63) is 54.4 Å². The van der Waals surface area contributed by atoms with Gasteiger partial charge in [-0.3, -0.25) is 9.58 Å². The molecule has 2 saturated heterocycles. The zero-order valence-corrected chi connectivity index (χ0v) is 25.3. The van der Waals surface area contributed by atoms with Crippen LogP contribution in [0.5, 0.6) is 5.88 Å². The lowest BCUT2D eigenvalue weighted by Gasteiger charge is -2.52. The quantitative estimate of drug-likeness (QED) is 0.266. The number of hydrogen-bond acceptors (Lipinski definition) is 9. The van der Waals surface area contributed by atoms with E-state index < -0.39 is 17.4 Å². The number of rotatable bonds is 9. The summed E-state index contributed by atoms with van der Waals surface area (Å²) in [5.74, 6) is 0.0174. The molecule has 1 saturated carbocycles. The molecule has 2 aliphatic heterocycles. The van der Waals surface area contributed by atoms with E-state index in [2.05, 4.69) is 41.3 Å². The summed E-state index contributed by atoms with van der Waals surface area (Å²) >= 11 is 0. The van der Waals surface area contributed by atoms with Gasteiger partial charge in [-0.05, 0) is 56.2 Å². The van der Waals surface area contributed by atoms with E-state index in [1.807, 2.05) is 23.1 Å². The number of alkyl halides is 3. The lowest BCUT2D eigenvalue weighted by molar-refractivity contribution is -0.141. The van der Waals surface area contributed by atoms with Crippen LogP contribution in [-0.4, -0.2) is 79.1 Å². The molecule has 4 aromatic heterocycles. The third-order valence-corrected chi connectivity index (χ3v) is 9.58. The molecule has 46 heavy (non-hydrogen) atoms. The number of fused-ring (bicyclic) bond motifs is 1. The van der Waals surface area contributed by atoms with E-state index >= 15 is 0 Å². The van der Waals surface area contributed by atoms with Crippen LogP contribution in [0.4, 0.5) is 13.2 Å². The Bertz CT molecular complexity index is 1690. The van der Waals surface area contributed by atoms with Crippen molar-refractivity contribution < 1.29 is 22.6 Å². The van der Waals surface area contributed by atoms with E-state index in [1.54, 1.807) is 12.3 Å². The number of aromatic amines is 1. The fourth-order valence-electron chi connectivity index (χ4n) is 7.00. The van der Waals surface area contributed by atoms with Gasteiger partial charge in [0.05, 0.1) is 29.9 Å². The van der Waals surface area contributed by atoms with Crippen LogP contribution in [0.2, 0.25) is 0 Å². The Labute approximate surface area is 264 Å². The van der Waals surface area contributed by atoms with E-state index in [0.29, 0.717) is 44.6 Å². The minimum absolute atomic E-state index is 0.0174. The SMILES string of the molecule is N#CCC1(n2cc(-c3ncnc4[nH]ccc34)cn2)CC(N2CCC(Oc3cc(CNC4CCOCC4)cc(C(F)(F)F)n3)CC2)C1. The van der Waals surface area contributed by atoms with E-state index in [9.17, 15) is 18.4 Å². The summed E-state index contributed by atoms with van der Waals surface area (Å²) in [4.78, 5) is 18.1. The highest BCUT2D eigenvalue weighted by molar-refractivity contribution is 5.90. The first-order valence-corrected chi connectivity index (χ1v) is 15.8. The van der Waals surface area contributed by atoms with Crippen LogP contribution in [0.1, 0.15) is 56.2 Å². The lowest BCUT2D eigenvalue weighted by Crippen LogP contribution is -2.58. The van der Waals surface area contributed by atoms with Crippen molar-refractivity contribution in [3.8, 4) is 23.2 Å². The summed E-state index contributed by atoms with van der Waals surface area (Å²) in [6.07, 6.45) is 7.28. The predicted molar refractivity (Wildman–Crippen MR) is 161 cm³/mol. The number of nitrogens with zero attached hydrogens (tertiary/aromatic N) is 7. The average molecular weight is 636 g/mol. The average Bonchev–Trinajstić information content (AvgIpc) is 3.73. The molecule has 0 bridgehead atoms. The van der Waals surface area contributed by atoms with E-state index in [-0.39, 0.29) is 24.1 Å². The highest BCUT2D eigenvalue weighted by Crippen LogP contribution is 2.45. The molecular weight excluding hydrogens is 599 g/mol. The third kappa shape index (κ3) is 6.31. The molecule has 0 amide bonds. The van der Waals surface area contributed by atoms with E-state index in [4.69, 9.17) is 9.47 Å². The van der Waals surface area contributed by atoms with Gasteiger partial charge in [0, 0.05) is 74.3 Å². The summed E-state index contributed by atoms with van der Waals surface area (Å²) in [6, 6.07) is 7.52. The Morgan fingerprint density at radius 1 is 1.13 bits per heavy atom. The zero-order chi connectivity index (χ0) is 31.7. The number of pyridine rings is 1. The Hall–Kier alpha value is -4.06. The maximum absolute atomic E-state index is 13.7. The van der Waals surface area contributed by atoms with Gasteiger partial charge < -0.3 is 19.8 Å². The topological polar surface area (TPSA) is 130 Å². The van der Waals surface area contributed by atoms with Gasteiger partial charge in [-0.15, -0.1) is 0 Å². The smallest absolute Gasteiger partial charge is 0.433 e. The molecule has 11 nitrogen and oxygen atoms in total. The Balaban J connectivity index is 0.967. The molecule has 14 heteroatoms. The largest absolute Gasteiger partial charge is 0.474 e. The van der Waals surface area contributed by atoms with Crippen molar-refractivity contribution in [1.29, 1.82) is 5.26 Å². The second-order valence-corrected chi connectivity index (χ2v) is 12.6. The van der Waals surface area contributed by atoms with Gasteiger partial charge in [0.2, 0.25) is 5.88 Å². The number of ether oxygens (including phenoxy) is 2. The monoisotopic (exact) mass is 635 g/mol. The standard InChI is InChI=1S/C32H36F3N9O2/c33-32(34,35)27-13-21(17-38-23-4-11-45-12-5-23)14-28(42-27)46-25-2-9-43(10-3-25)24-15-31(16-24,6-7-36)44-19-22(18-41-44)29-26-1-8-37-30(26)40-20-39-29/h1,8,13-14,18-20,23-25,38H,2-6,9-12,15-17H2,(H,37,39,40). The van der Waals surface area contributed by atoms with Gasteiger partial charge in [-0.1, -0.05) is 0 Å². The van der Waals surface area contributed by atoms with Crippen LogP contribution in [0.3, 0.4) is 0 Å². The van der Waals surface area contributed by atoms with Gasteiger partial charge in [0.1, 0.15) is 23.8 Å². The third-order valence-electron chi connectivity index (χ3n) is 9.58. The maximum atomic E-state index is 13.7. The minimum Gasteiger partial charge on any atom is -0.474 e. The van der Waals surface area contributed by atoms with Crippen LogP contribution < -0.4 is 10.1 Å². The van der Waals surface area contributed by atoms with Crippen molar-refractivity contribution in [1.82, 2.24) is 39.9 Å². The molecule has 2 N–H and O–H groups in total.